The number of hydrogen-bond donors (Lipinski definition) is 2. The van der Waals surface area contributed by atoms with Gasteiger partial charge in [-0.1, -0.05) is 17.7 Å². The third-order valence-corrected chi connectivity index (χ3v) is 4.70. The van der Waals surface area contributed by atoms with Gasteiger partial charge < -0.3 is 15.5 Å². The van der Waals surface area contributed by atoms with Crippen LogP contribution in [-0.4, -0.2) is 15.3 Å². The van der Waals surface area contributed by atoms with Gasteiger partial charge >= 0.3 is 0 Å². The van der Waals surface area contributed by atoms with Crippen molar-refractivity contribution in [1.82, 2.24) is 9.38 Å². The number of anilines is 2. The molecule has 4 aromatic rings. The monoisotopic (exact) mass is 376 g/mol. The number of nitrogens with zero attached hydrogens (tertiary/aromatic N) is 2. The van der Waals surface area contributed by atoms with Crippen molar-refractivity contribution < 1.29 is 4.79 Å². The molecule has 0 unspecified atom stereocenters. The van der Waals surface area contributed by atoms with Gasteiger partial charge in [-0.05, 0) is 55.0 Å². The predicted octanol–water partition coefficient (Wildman–Crippen LogP) is 4.80. The molecule has 5 nitrogen and oxygen atoms in total. The first kappa shape index (κ1) is 17.1. The van der Waals surface area contributed by atoms with Crippen LogP contribution in [0.5, 0.6) is 0 Å². The number of rotatable bonds is 3. The van der Waals surface area contributed by atoms with Crippen LogP contribution in [0.25, 0.3) is 16.8 Å². The van der Waals surface area contributed by atoms with Crippen molar-refractivity contribution >= 4 is 34.5 Å². The number of imidazole rings is 1. The van der Waals surface area contributed by atoms with Crippen LogP contribution in [0.3, 0.4) is 0 Å². The van der Waals surface area contributed by atoms with Gasteiger partial charge in [-0.15, -0.1) is 0 Å². The van der Waals surface area contributed by atoms with E-state index in [0.29, 0.717) is 22.0 Å². The van der Waals surface area contributed by atoms with Crippen molar-refractivity contribution in [2.75, 3.05) is 11.1 Å². The number of nitrogens with one attached hydrogen (secondary N) is 1. The first-order valence-electron chi connectivity index (χ1n) is 8.41. The quantitative estimate of drug-likeness (QED) is 0.504. The topological polar surface area (TPSA) is 72.4 Å². The summed E-state index contributed by atoms with van der Waals surface area (Å²) >= 11 is 5.86. The SMILES string of the molecule is Cc1cc2nccn2cc1-c1ccc(NC(=O)c2ccc(Cl)cc2)cc1N. The van der Waals surface area contributed by atoms with E-state index in [2.05, 4.69) is 10.3 Å². The molecule has 6 heteroatoms. The third-order valence-electron chi connectivity index (χ3n) is 4.44. The van der Waals surface area contributed by atoms with Gasteiger partial charge in [-0.3, -0.25) is 4.79 Å². The fourth-order valence-corrected chi connectivity index (χ4v) is 3.16. The van der Waals surface area contributed by atoms with Gasteiger partial charge in [-0.25, -0.2) is 4.98 Å². The van der Waals surface area contributed by atoms with E-state index in [4.69, 9.17) is 17.3 Å². The van der Waals surface area contributed by atoms with Crippen molar-refractivity contribution in [2.24, 2.45) is 0 Å². The zero-order valence-electron chi connectivity index (χ0n) is 14.6. The summed E-state index contributed by atoms with van der Waals surface area (Å²) in [7, 11) is 0. The van der Waals surface area contributed by atoms with Crippen molar-refractivity contribution in [1.29, 1.82) is 0 Å². The van der Waals surface area contributed by atoms with Crippen molar-refractivity contribution in [2.45, 2.75) is 6.92 Å². The van der Waals surface area contributed by atoms with Gasteiger partial charge in [0, 0.05) is 51.7 Å². The Kier molecular flexibility index (Phi) is 4.30. The fourth-order valence-electron chi connectivity index (χ4n) is 3.03. The lowest BCUT2D eigenvalue weighted by Gasteiger charge is -2.12. The molecule has 0 bridgehead atoms. The Hall–Kier alpha value is -3.31. The van der Waals surface area contributed by atoms with Gasteiger partial charge in [0.15, 0.2) is 0 Å². The summed E-state index contributed by atoms with van der Waals surface area (Å²) in [6, 6.07) is 14.3. The molecule has 0 aliphatic heterocycles. The normalized spacial score (nSPS) is 10.9. The van der Waals surface area contributed by atoms with E-state index in [9.17, 15) is 4.79 Å². The molecule has 134 valence electrons. The molecular weight excluding hydrogens is 360 g/mol. The Morgan fingerprint density at radius 2 is 1.89 bits per heavy atom. The second-order valence-electron chi connectivity index (χ2n) is 6.33. The molecule has 0 atom stereocenters. The van der Waals surface area contributed by atoms with Crippen LogP contribution in [0.15, 0.2) is 67.1 Å². The zero-order chi connectivity index (χ0) is 19.0. The van der Waals surface area contributed by atoms with E-state index in [1.165, 1.54) is 0 Å². The van der Waals surface area contributed by atoms with Crippen LogP contribution < -0.4 is 11.1 Å². The van der Waals surface area contributed by atoms with Gasteiger partial charge in [-0.2, -0.15) is 0 Å². The second kappa shape index (κ2) is 6.78. The highest BCUT2D eigenvalue weighted by atomic mass is 35.5. The van der Waals surface area contributed by atoms with Crippen LogP contribution in [0, 0.1) is 6.92 Å². The molecule has 3 N–H and O–H groups in total. The number of hydrogen-bond acceptors (Lipinski definition) is 3. The van der Waals surface area contributed by atoms with E-state index in [0.717, 1.165) is 22.3 Å². The minimum Gasteiger partial charge on any atom is -0.398 e. The number of nitrogen functional groups attached to an aromatic ring is 1. The maximum Gasteiger partial charge on any atom is 0.255 e. The predicted molar refractivity (Wildman–Crippen MR) is 109 cm³/mol. The number of nitrogens with two attached hydrogens (primary N) is 1. The number of amides is 1. The highest BCUT2D eigenvalue weighted by Gasteiger charge is 2.11. The summed E-state index contributed by atoms with van der Waals surface area (Å²) in [4.78, 5) is 16.7. The lowest BCUT2D eigenvalue weighted by atomic mass is 10.0. The molecule has 0 fully saturated rings. The first-order chi connectivity index (χ1) is 13.0. The smallest absolute Gasteiger partial charge is 0.255 e. The largest absolute Gasteiger partial charge is 0.398 e. The molecule has 0 saturated heterocycles. The Bertz CT molecular complexity index is 1150. The molecule has 2 aromatic carbocycles. The number of benzene rings is 2. The molecule has 2 heterocycles. The van der Waals surface area contributed by atoms with Crippen LogP contribution in [0.1, 0.15) is 15.9 Å². The third kappa shape index (κ3) is 3.37. The highest BCUT2D eigenvalue weighted by Crippen LogP contribution is 2.31. The van der Waals surface area contributed by atoms with Crippen LogP contribution in [0.2, 0.25) is 5.02 Å². The minimum absolute atomic E-state index is 0.213. The van der Waals surface area contributed by atoms with Crippen molar-refractivity contribution in [3.63, 3.8) is 0 Å². The first-order valence-corrected chi connectivity index (χ1v) is 8.79. The molecule has 1 amide bonds. The summed E-state index contributed by atoms with van der Waals surface area (Å²) in [5.74, 6) is -0.213. The Morgan fingerprint density at radius 3 is 2.63 bits per heavy atom. The Balaban J connectivity index is 1.63. The zero-order valence-corrected chi connectivity index (χ0v) is 15.4. The van der Waals surface area contributed by atoms with Crippen LogP contribution >= 0.6 is 11.6 Å². The maximum absolute atomic E-state index is 12.4. The summed E-state index contributed by atoms with van der Waals surface area (Å²) < 4.78 is 1.96. The van der Waals surface area contributed by atoms with Gasteiger partial charge in [0.05, 0.1) is 0 Å². The number of aromatic nitrogens is 2. The number of carbonyl (C=O) groups excluding carboxylic acids is 1. The van der Waals surface area contributed by atoms with Gasteiger partial charge in [0.25, 0.3) is 5.91 Å². The molecule has 4 rings (SSSR count). The Morgan fingerprint density at radius 1 is 1.11 bits per heavy atom. The summed E-state index contributed by atoms with van der Waals surface area (Å²) in [6.07, 6.45) is 5.67. The molecule has 0 aliphatic carbocycles. The number of pyridine rings is 1. The summed E-state index contributed by atoms with van der Waals surface area (Å²) in [5, 5.41) is 3.45. The standard InChI is InChI=1S/C21H17ClN4O/c1-13-10-20-24-8-9-26(20)12-18(13)17-7-6-16(11-19(17)23)25-21(27)14-2-4-15(22)5-3-14/h2-12H,23H2,1H3,(H,25,27). The van der Waals surface area contributed by atoms with Crippen molar-refractivity contribution in [3.8, 4) is 11.1 Å². The maximum atomic E-state index is 12.4. The Labute approximate surface area is 161 Å². The van der Waals surface area contributed by atoms with Gasteiger partial charge in [0.2, 0.25) is 0 Å². The van der Waals surface area contributed by atoms with Crippen LogP contribution in [0.4, 0.5) is 11.4 Å². The summed E-state index contributed by atoms with van der Waals surface area (Å²) in [6.45, 7) is 2.03. The average molecular weight is 377 g/mol. The highest BCUT2D eigenvalue weighted by molar-refractivity contribution is 6.30. The second-order valence-corrected chi connectivity index (χ2v) is 6.76. The molecule has 27 heavy (non-hydrogen) atoms. The van der Waals surface area contributed by atoms with E-state index in [1.807, 2.05) is 41.9 Å². The molecule has 2 aromatic heterocycles. The fraction of sp³-hybridized carbons (Fsp3) is 0.0476. The molecular formula is C21H17ClN4O. The van der Waals surface area contributed by atoms with Gasteiger partial charge in [0.1, 0.15) is 5.65 Å². The van der Waals surface area contributed by atoms with E-state index >= 15 is 0 Å². The average Bonchev–Trinajstić information content (AvgIpc) is 3.09. The molecule has 0 radical (unpaired) electrons. The van der Waals surface area contributed by atoms with Crippen molar-refractivity contribution in [3.05, 3.63) is 83.3 Å². The molecule has 0 spiro atoms. The molecule has 0 aliphatic rings. The van der Waals surface area contributed by atoms with E-state index in [1.54, 1.807) is 36.5 Å². The summed E-state index contributed by atoms with van der Waals surface area (Å²) in [5.41, 5.74) is 11.9. The molecule has 0 saturated carbocycles. The number of carbonyl (C=O) groups is 1. The van der Waals surface area contributed by atoms with E-state index < -0.39 is 0 Å². The number of aryl methyl sites for hydroxylation is 1. The van der Waals surface area contributed by atoms with E-state index in [-0.39, 0.29) is 5.91 Å². The van der Waals surface area contributed by atoms with Crippen LogP contribution in [-0.2, 0) is 0 Å². The lowest BCUT2D eigenvalue weighted by molar-refractivity contribution is 0.102. The number of fused-ring (bicyclic) bond motifs is 1. The minimum atomic E-state index is -0.213. The lowest BCUT2D eigenvalue weighted by Crippen LogP contribution is -2.12. The number of halogens is 1.